The number of fused-ring (bicyclic) bond motifs is 1. The predicted octanol–water partition coefficient (Wildman–Crippen LogP) is 2.73. The van der Waals surface area contributed by atoms with Crippen molar-refractivity contribution >= 4 is 11.4 Å². The lowest BCUT2D eigenvalue weighted by atomic mass is 9.99. The zero-order valence-electron chi connectivity index (χ0n) is 8.22. The lowest BCUT2D eigenvalue weighted by Gasteiger charge is -2.11. The molecule has 72 valence electrons. The van der Waals surface area contributed by atoms with Crippen LogP contribution in [0.1, 0.15) is 12.0 Å². The molecule has 0 amide bonds. The van der Waals surface area contributed by atoms with E-state index in [0.717, 1.165) is 23.4 Å². The molecule has 2 heterocycles. The van der Waals surface area contributed by atoms with Crippen LogP contribution >= 0.6 is 0 Å². The second-order valence-electron chi connectivity index (χ2n) is 3.59. The summed E-state index contributed by atoms with van der Waals surface area (Å²) >= 11 is 0. The van der Waals surface area contributed by atoms with Crippen molar-refractivity contribution < 1.29 is 0 Å². The van der Waals surface area contributed by atoms with E-state index in [0.29, 0.717) is 0 Å². The van der Waals surface area contributed by atoms with Crippen molar-refractivity contribution in [1.82, 2.24) is 0 Å². The summed E-state index contributed by atoms with van der Waals surface area (Å²) < 4.78 is 0. The van der Waals surface area contributed by atoms with Gasteiger partial charge in [-0.05, 0) is 11.6 Å². The lowest BCUT2D eigenvalue weighted by Crippen LogP contribution is -2.12. The van der Waals surface area contributed by atoms with E-state index < -0.39 is 0 Å². The van der Waals surface area contributed by atoms with E-state index in [1.54, 1.807) is 0 Å². The Morgan fingerprint density at radius 1 is 0.933 bits per heavy atom. The fourth-order valence-corrected chi connectivity index (χ4v) is 1.80. The minimum Gasteiger partial charge on any atom is -0.260 e. The van der Waals surface area contributed by atoms with Crippen LogP contribution in [0.5, 0.6) is 0 Å². The summed E-state index contributed by atoms with van der Waals surface area (Å²) in [5.41, 5.74) is 4.56. The first-order chi connectivity index (χ1) is 7.43. The molecule has 0 unspecified atom stereocenters. The highest BCUT2D eigenvalue weighted by molar-refractivity contribution is 6.21. The lowest BCUT2D eigenvalue weighted by molar-refractivity contribution is 1.37. The van der Waals surface area contributed by atoms with Crippen LogP contribution in [0.15, 0.2) is 64.4 Å². The molecule has 0 atom stereocenters. The number of allylic oxidation sites excluding steroid dienone is 2. The predicted molar refractivity (Wildman–Crippen MR) is 62.3 cm³/mol. The van der Waals surface area contributed by atoms with Gasteiger partial charge >= 0.3 is 0 Å². The SMILES string of the molecule is C1=CC2=CN=C(c3ccccc3)CC2=N1. The van der Waals surface area contributed by atoms with Crippen molar-refractivity contribution in [3.05, 3.63) is 59.9 Å². The van der Waals surface area contributed by atoms with Crippen molar-refractivity contribution in [2.24, 2.45) is 9.98 Å². The summed E-state index contributed by atoms with van der Waals surface area (Å²) in [4.78, 5) is 8.79. The molecule has 0 bridgehead atoms. The van der Waals surface area contributed by atoms with Crippen LogP contribution in [0.4, 0.5) is 0 Å². The molecule has 1 aromatic rings. The number of nitrogens with zero attached hydrogens (tertiary/aromatic N) is 2. The fraction of sp³-hybridized carbons (Fsp3) is 0.0769. The van der Waals surface area contributed by atoms with E-state index >= 15 is 0 Å². The van der Waals surface area contributed by atoms with Gasteiger partial charge in [0, 0.05) is 24.4 Å². The molecule has 15 heavy (non-hydrogen) atoms. The molecule has 0 aromatic heterocycles. The first-order valence-electron chi connectivity index (χ1n) is 4.99. The van der Waals surface area contributed by atoms with E-state index in [1.165, 1.54) is 5.56 Å². The van der Waals surface area contributed by atoms with Gasteiger partial charge in [-0.25, -0.2) is 0 Å². The molecule has 0 saturated carbocycles. The summed E-state index contributed by atoms with van der Waals surface area (Å²) in [6, 6.07) is 10.3. The van der Waals surface area contributed by atoms with Gasteiger partial charge in [0.05, 0.1) is 11.4 Å². The molecule has 0 spiro atoms. The molecule has 0 radical (unpaired) electrons. The Balaban J connectivity index is 1.98. The van der Waals surface area contributed by atoms with E-state index in [2.05, 4.69) is 22.1 Å². The number of aliphatic imine (C=N–C) groups is 2. The number of hydrogen-bond donors (Lipinski definition) is 0. The molecule has 2 heteroatoms. The molecule has 2 nitrogen and oxygen atoms in total. The quantitative estimate of drug-likeness (QED) is 0.656. The van der Waals surface area contributed by atoms with Crippen LogP contribution in [-0.2, 0) is 0 Å². The van der Waals surface area contributed by atoms with Gasteiger partial charge in [0.1, 0.15) is 0 Å². The summed E-state index contributed by atoms with van der Waals surface area (Å²) in [6.45, 7) is 0. The summed E-state index contributed by atoms with van der Waals surface area (Å²) in [6.07, 6.45) is 6.57. The molecule has 2 aliphatic rings. The summed E-state index contributed by atoms with van der Waals surface area (Å²) in [7, 11) is 0. The van der Waals surface area contributed by atoms with Crippen LogP contribution in [0.25, 0.3) is 0 Å². The van der Waals surface area contributed by atoms with E-state index in [9.17, 15) is 0 Å². The third-order valence-electron chi connectivity index (χ3n) is 2.62. The zero-order valence-corrected chi connectivity index (χ0v) is 8.22. The van der Waals surface area contributed by atoms with Crippen molar-refractivity contribution in [1.29, 1.82) is 0 Å². The van der Waals surface area contributed by atoms with Crippen molar-refractivity contribution in [2.75, 3.05) is 0 Å². The highest BCUT2D eigenvalue weighted by atomic mass is 14.8. The smallest absolute Gasteiger partial charge is 0.0551 e. The van der Waals surface area contributed by atoms with E-state index in [1.807, 2.05) is 36.7 Å². The molecular formula is C13H10N2. The van der Waals surface area contributed by atoms with Crippen LogP contribution in [0.2, 0.25) is 0 Å². The van der Waals surface area contributed by atoms with Gasteiger partial charge in [0.25, 0.3) is 0 Å². The molecule has 0 fully saturated rings. The average Bonchev–Trinajstić information content (AvgIpc) is 2.77. The molecule has 0 saturated heterocycles. The van der Waals surface area contributed by atoms with Crippen LogP contribution in [-0.4, -0.2) is 11.4 Å². The number of rotatable bonds is 1. The van der Waals surface area contributed by atoms with Gasteiger partial charge in [0.2, 0.25) is 0 Å². The Morgan fingerprint density at radius 3 is 2.67 bits per heavy atom. The fourth-order valence-electron chi connectivity index (χ4n) is 1.80. The standard InChI is InChI=1S/C13H10N2/c1-2-4-10(5-3-1)12-8-13-11(9-15-12)6-7-14-13/h1-7,9H,8H2. The summed E-state index contributed by atoms with van der Waals surface area (Å²) in [5.74, 6) is 0. The first-order valence-corrected chi connectivity index (χ1v) is 4.99. The zero-order chi connectivity index (χ0) is 10.1. The Morgan fingerprint density at radius 2 is 1.80 bits per heavy atom. The minimum absolute atomic E-state index is 0.836. The van der Waals surface area contributed by atoms with Crippen LogP contribution in [0, 0.1) is 0 Å². The van der Waals surface area contributed by atoms with Gasteiger partial charge in [-0.15, -0.1) is 0 Å². The molecular weight excluding hydrogens is 184 g/mol. The minimum atomic E-state index is 0.836. The third-order valence-corrected chi connectivity index (χ3v) is 2.62. The second-order valence-corrected chi connectivity index (χ2v) is 3.59. The molecule has 0 aliphatic carbocycles. The van der Waals surface area contributed by atoms with Gasteiger partial charge in [0.15, 0.2) is 0 Å². The first kappa shape index (κ1) is 8.36. The van der Waals surface area contributed by atoms with Gasteiger partial charge in [-0.3, -0.25) is 9.98 Å². The normalized spacial score (nSPS) is 18.0. The number of benzene rings is 1. The Labute approximate surface area is 88.4 Å². The maximum Gasteiger partial charge on any atom is 0.0551 e. The Bertz CT molecular complexity index is 505. The Hall–Kier alpha value is -1.96. The maximum absolute atomic E-state index is 4.46. The third kappa shape index (κ3) is 1.44. The van der Waals surface area contributed by atoms with Crippen LogP contribution < -0.4 is 0 Å². The highest BCUT2D eigenvalue weighted by Crippen LogP contribution is 2.19. The largest absolute Gasteiger partial charge is 0.260 e. The highest BCUT2D eigenvalue weighted by Gasteiger charge is 2.16. The molecule has 0 N–H and O–H groups in total. The summed E-state index contributed by atoms with van der Waals surface area (Å²) in [5, 5.41) is 0. The van der Waals surface area contributed by atoms with E-state index in [4.69, 9.17) is 0 Å². The van der Waals surface area contributed by atoms with Crippen LogP contribution in [0.3, 0.4) is 0 Å². The monoisotopic (exact) mass is 194 g/mol. The number of hydrogen-bond acceptors (Lipinski definition) is 2. The second kappa shape index (κ2) is 3.31. The van der Waals surface area contributed by atoms with Crippen molar-refractivity contribution in [2.45, 2.75) is 6.42 Å². The molecule has 2 aliphatic heterocycles. The molecule has 1 aromatic carbocycles. The van der Waals surface area contributed by atoms with Gasteiger partial charge in [-0.1, -0.05) is 30.3 Å². The van der Waals surface area contributed by atoms with E-state index in [-0.39, 0.29) is 0 Å². The topological polar surface area (TPSA) is 24.7 Å². The average molecular weight is 194 g/mol. The van der Waals surface area contributed by atoms with Gasteiger partial charge in [-0.2, -0.15) is 0 Å². The van der Waals surface area contributed by atoms with Gasteiger partial charge < -0.3 is 0 Å². The van der Waals surface area contributed by atoms with Crippen molar-refractivity contribution in [3.63, 3.8) is 0 Å². The molecule has 3 rings (SSSR count). The Kier molecular flexibility index (Phi) is 1.85. The van der Waals surface area contributed by atoms with Crippen molar-refractivity contribution in [3.8, 4) is 0 Å². The maximum atomic E-state index is 4.46.